The third-order valence-corrected chi connectivity index (χ3v) is 4.37. The number of hydrogen-bond donors (Lipinski definition) is 2. The van der Waals surface area contributed by atoms with E-state index >= 15 is 0 Å². The average Bonchev–Trinajstić information content (AvgIpc) is 2.65. The van der Waals surface area contributed by atoms with E-state index in [1.807, 2.05) is 18.2 Å². The van der Waals surface area contributed by atoms with Crippen LogP contribution in [0.3, 0.4) is 0 Å². The van der Waals surface area contributed by atoms with Crippen LogP contribution in [0.4, 0.5) is 0 Å². The first-order chi connectivity index (χ1) is 12.5. The van der Waals surface area contributed by atoms with Gasteiger partial charge in [-0.2, -0.15) is 0 Å². The number of nitrogens with zero attached hydrogens (tertiary/aromatic N) is 2. The van der Waals surface area contributed by atoms with Crippen LogP contribution in [-0.4, -0.2) is 42.2 Å². The second-order valence-electron chi connectivity index (χ2n) is 6.71. The van der Waals surface area contributed by atoms with Gasteiger partial charge in [-0.15, -0.1) is 0 Å². The Balaban J connectivity index is 1.72. The molecule has 1 aromatic heterocycles. The summed E-state index contributed by atoms with van der Waals surface area (Å²) in [6.45, 7) is 6.09. The summed E-state index contributed by atoms with van der Waals surface area (Å²) in [6, 6.07) is 15.9. The molecule has 26 heavy (non-hydrogen) atoms. The van der Waals surface area contributed by atoms with Crippen LogP contribution in [0.1, 0.15) is 12.0 Å². The van der Waals surface area contributed by atoms with Crippen molar-refractivity contribution in [2.24, 2.45) is 0 Å². The quantitative estimate of drug-likeness (QED) is 0.631. The molecule has 0 bridgehead atoms. The van der Waals surface area contributed by atoms with Crippen molar-refractivity contribution in [3.8, 4) is 16.9 Å². The van der Waals surface area contributed by atoms with Crippen molar-refractivity contribution in [2.75, 3.05) is 27.2 Å². The van der Waals surface area contributed by atoms with Crippen molar-refractivity contribution in [1.29, 1.82) is 0 Å². The summed E-state index contributed by atoms with van der Waals surface area (Å²) >= 11 is 0. The molecule has 0 fully saturated rings. The Bertz CT molecular complexity index is 901. The van der Waals surface area contributed by atoms with E-state index in [-0.39, 0.29) is 5.75 Å². The topological polar surface area (TPSA) is 48.4 Å². The molecule has 0 radical (unpaired) electrons. The summed E-state index contributed by atoms with van der Waals surface area (Å²) in [5.74, 6) is 0.203. The highest BCUT2D eigenvalue weighted by atomic mass is 16.3. The fourth-order valence-corrected chi connectivity index (χ4v) is 2.94. The van der Waals surface area contributed by atoms with Crippen molar-refractivity contribution in [3.05, 3.63) is 66.9 Å². The highest BCUT2D eigenvalue weighted by molar-refractivity contribution is 5.89. The summed E-state index contributed by atoms with van der Waals surface area (Å²) in [6.07, 6.45) is 2.77. The van der Waals surface area contributed by atoms with Gasteiger partial charge in [0.15, 0.2) is 0 Å². The number of hydrogen-bond acceptors (Lipinski definition) is 4. The van der Waals surface area contributed by atoms with Crippen LogP contribution < -0.4 is 5.32 Å². The van der Waals surface area contributed by atoms with Gasteiger partial charge in [0.2, 0.25) is 0 Å². The molecule has 0 aliphatic carbocycles. The number of pyridine rings is 1. The molecule has 0 saturated carbocycles. The highest BCUT2D eigenvalue weighted by Gasteiger charge is 2.06. The summed E-state index contributed by atoms with van der Waals surface area (Å²) in [4.78, 5) is 6.40. The van der Waals surface area contributed by atoms with Crippen LogP contribution in [0.5, 0.6) is 5.75 Å². The molecule has 2 N–H and O–H groups in total. The first-order valence-corrected chi connectivity index (χ1v) is 8.80. The van der Waals surface area contributed by atoms with Crippen molar-refractivity contribution in [2.45, 2.75) is 6.42 Å². The number of benzene rings is 2. The van der Waals surface area contributed by atoms with Gasteiger partial charge in [0.05, 0.1) is 0 Å². The molecule has 0 unspecified atom stereocenters. The molecule has 134 valence electrons. The van der Waals surface area contributed by atoms with Crippen LogP contribution in [0.15, 0.2) is 61.3 Å². The van der Waals surface area contributed by atoms with Crippen LogP contribution in [-0.2, 0) is 0 Å². The fraction of sp³-hybridized carbons (Fsp3) is 0.227. The Morgan fingerprint density at radius 3 is 2.62 bits per heavy atom. The number of fused-ring (bicyclic) bond motifs is 1. The maximum absolute atomic E-state index is 10.2. The van der Waals surface area contributed by atoms with Crippen molar-refractivity contribution in [1.82, 2.24) is 15.2 Å². The maximum Gasteiger partial charge on any atom is 0.142 e. The van der Waals surface area contributed by atoms with Gasteiger partial charge in [-0.05, 0) is 62.0 Å². The fourth-order valence-electron chi connectivity index (χ4n) is 2.94. The van der Waals surface area contributed by atoms with Crippen molar-refractivity contribution < 1.29 is 5.11 Å². The lowest BCUT2D eigenvalue weighted by atomic mass is 10.0. The molecule has 4 nitrogen and oxygen atoms in total. The zero-order valence-electron chi connectivity index (χ0n) is 15.4. The minimum atomic E-state index is 0.203. The molecule has 3 rings (SSSR count). The van der Waals surface area contributed by atoms with E-state index in [4.69, 9.17) is 0 Å². The number of phenolic OH excluding ortho intramolecular Hbond substituents is 1. The first kappa shape index (κ1) is 18.0. The summed E-state index contributed by atoms with van der Waals surface area (Å²) < 4.78 is 0. The van der Waals surface area contributed by atoms with E-state index in [1.165, 1.54) is 0 Å². The minimum Gasteiger partial charge on any atom is -0.506 e. The van der Waals surface area contributed by atoms with Gasteiger partial charge >= 0.3 is 0 Å². The van der Waals surface area contributed by atoms with Gasteiger partial charge in [-0.3, -0.25) is 4.98 Å². The normalized spacial score (nSPS) is 11.0. The highest BCUT2D eigenvalue weighted by Crippen LogP contribution is 2.30. The van der Waals surface area contributed by atoms with Crippen LogP contribution >= 0.6 is 0 Å². The van der Waals surface area contributed by atoms with Crippen LogP contribution in [0.25, 0.3) is 27.7 Å². The molecule has 0 atom stereocenters. The molecular formula is C22H25N3O. The van der Waals surface area contributed by atoms with Crippen molar-refractivity contribution >= 4 is 16.6 Å². The SMILES string of the molecule is C=C(NCCCN(C)C)c1ccc(-c2cc(O)c3ncccc3c2)cc1. The summed E-state index contributed by atoms with van der Waals surface area (Å²) in [5, 5.41) is 14.5. The number of nitrogens with one attached hydrogen (secondary N) is 1. The third kappa shape index (κ3) is 4.21. The van der Waals surface area contributed by atoms with E-state index in [1.54, 1.807) is 12.3 Å². The number of phenols is 1. The number of aromatic hydroxyl groups is 1. The average molecular weight is 347 g/mol. The second-order valence-corrected chi connectivity index (χ2v) is 6.71. The molecule has 4 heteroatoms. The Labute approximate surface area is 154 Å². The van der Waals surface area contributed by atoms with Gasteiger partial charge in [-0.25, -0.2) is 0 Å². The Morgan fingerprint density at radius 2 is 1.88 bits per heavy atom. The van der Waals surface area contributed by atoms with E-state index in [2.05, 4.69) is 60.1 Å². The van der Waals surface area contributed by atoms with Gasteiger partial charge < -0.3 is 15.3 Å². The number of rotatable bonds is 7. The molecule has 2 aromatic carbocycles. The Hall–Kier alpha value is -2.85. The lowest BCUT2D eigenvalue weighted by Gasteiger charge is -2.13. The van der Waals surface area contributed by atoms with Gasteiger partial charge in [-0.1, -0.05) is 36.9 Å². The van der Waals surface area contributed by atoms with Gasteiger partial charge in [0.25, 0.3) is 0 Å². The van der Waals surface area contributed by atoms with Gasteiger partial charge in [0.1, 0.15) is 11.3 Å². The molecule has 0 aliphatic heterocycles. The van der Waals surface area contributed by atoms with Crippen LogP contribution in [0.2, 0.25) is 0 Å². The molecular weight excluding hydrogens is 322 g/mol. The van der Waals surface area contributed by atoms with E-state index in [9.17, 15) is 5.11 Å². The van der Waals surface area contributed by atoms with Gasteiger partial charge in [0, 0.05) is 23.8 Å². The molecule has 0 aliphatic rings. The third-order valence-electron chi connectivity index (χ3n) is 4.37. The largest absolute Gasteiger partial charge is 0.506 e. The molecule has 1 heterocycles. The minimum absolute atomic E-state index is 0.203. The second kappa shape index (κ2) is 8.02. The molecule has 0 spiro atoms. The van der Waals surface area contributed by atoms with Crippen molar-refractivity contribution in [3.63, 3.8) is 0 Å². The predicted molar refractivity (Wildman–Crippen MR) is 109 cm³/mol. The molecule has 3 aromatic rings. The lowest BCUT2D eigenvalue weighted by molar-refractivity contribution is 0.399. The molecule has 0 amide bonds. The lowest BCUT2D eigenvalue weighted by Crippen LogP contribution is -2.20. The first-order valence-electron chi connectivity index (χ1n) is 8.80. The number of aromatic nitrogens is 1. The van der Waals surface area contributed by atoms with E-state index in [0.29, 0.717) is 5.52 Å². The Kier molecular flexibility index (Phi) is 5.54. The zero-order valence-corrected chi connectivity index (χ0v) is 15.4. The van der Waals surface area contributed by atoms with Crippen LogP contribution in [0, 0.1) is 0 Å². The van der Waals surface area contributed by atoms with E-state index in [0.717, 1.165) is 47.3 Å². The Morgan fingerprint density at radius 1 is 1.12 bits per heavy atom. The zero-order chi connectivity index (χ0) is 18.5. The molecule has 0 saturated heterocycles. The summed E-state index contributed by atoms with van der Waals surface area (Å²) in [7, 11) is 4.16. The maximum atomic E-state index is 10.2. The standard InChI is InChI=1S/C22H25N3O/c1-16(23-12-5-13-25(2)3)17-7-9-18(10-8-17)20-14-19-6-4-11-24-22(19)21(26)15-20/h4,6-11,14-15,23,26H,1,5,12-13H2,2-3H3. The monoisotopic (exact) mass is 347 g/mol. The predicted octanol–water partition coefficient (Wildman–Crippen LogP) is 4.12. The summed E-state index contributed by atoms with van der Waals surface area (Å²) in [5.41, 5.74) is 4.66. The van der Waals surface area contributed by atoms with E-state index < -0.39 is 0 Å². The smallest absolute Gasteiger partial charge is 0.142 e.